The number of rotatable bonds is 2. The Morgan fingerprint density at radius 2 is 2.35 bits per heavy atom. The molecular weight excluding hydrogens is 226 g/mol. The van der Waals surface area contributed by atoms with E-state index in [1.165, 1.54) is 10.8 Å². The Morgan fingerprint density at radius 1 is 1.65 bits per heavy atom. The second-order valence-electron chi connectivity index (χ2n) is 4.08. The topological polar surface area (TPSA) is 110 Å². The second-order valence-corrected chi connectivity index (χ2v) is 4.08. The summed E-state index contributed by atoms with van der Waals surface area (Å²) in [7, 11) is 0. The van der Waals surface area contributed by atoms with Gasteiger partial charge in [-0.15, -0.1) is 0 Å². The average Bonchev–Trinajstić information content (AvgIpc) is 2.65. The average molecular weight is 240 g/mol. The number of nitrogens with two attached hydrogens (primary N) is 1. The van der Waals surface area contributed by atoms with Crippen LogP contribution in [-0.2, 0) is 4.74 Å². The van der Waals surface area contributed by atoms with E-state index >= 15 is 0 Å². The van der Waals surface area contributed by atoms with Crippen LogP contribution in [0.5, 0.6) is 0 Å². The van der Waals surface area contributed by atoms with Crippen LogP contribution in [0, 0.1) is 13.5 Å². The number of aromatic amines is 1. The largest absolute Gasteiger partial charge is 0.388 e. The summed E-state index contributed by atoms with van der Waals surface area (Å²) in [4.78, 5) is 25.0. The van der Waals surface area contributed by atoms with Gasteiger partial charge in [-0.05, 0) is 6.92 Å². The Labute approximate surface area is 96.8 Å². The highest BCUT2D eigenvalue weighted by molar-refractivity contribution is 5.02. The van der Waals surface area contributed by atoms with Gasteiger partial charge in [0.1, 0.15) is 18.9 Å². The molecule has 2 heterocycles. The van der Waals surface area contributed by atoms with Gasteiger partial charge in [0.2, 0.25) is 0 Å². The van der Waals surface area contributed by atoms with Crippen LogP contribution >= 0.6 is 0 Å². The summed E-state index contributed by atoms with van der Waals surface area (Å²) in [5.41, 5.74) is 5.18. The number of aliphatic hydroxyl groups excluding tert-OH is 1. The van der Waals surface area contributed by atoms with Crippen LogP contribution in [0.15, 0.2) is 15.8 Å². The monoisotopic (exact) mass is 240 g/mol. The Hall–Kier alpha value is -1.44. The lowest BCUT2D eigenvalue weighted by molar-refractivity contribution is -0.00640. The minimum Gasteiger partial charge on any atom is -0.388 e. The second kappa shape index (κ2) is 4.44. The fourth-order valence-corrected chi connectivity index (χ4v) is 1.83. The van der Waals surface area contributed by atoms with Gasteiger partial charge in [-0.2, -0.15) is 0 Å². The zero-order valence-corrected chi connectivity index (χ0v) is 9.29. The minimum atomic E-state index is -0.598. The third-order valence-electron chi connectivity index (χ3n) is 2.81. The van der Waals surface area contributed by atoms with E-state index in [0.29, 0.717) is 12.0 Å². The van der Waals surface area contributed by atoms with Crippen molar-refractivity contribution in [2.24, 2.45) is 5.73 Å². The molecule has 1 aromatic heterocycles. The molecule has 2 rings (SSSR count). The summed E-state index contributed by atoms with van der Waals surface area (Å²) < 4.78 is 6.67. The number of aromatic nitrogens is 2. The van der Waals surface area contributed by atoms with Crippen molar-refractivity contribution in [3.05, 3.63) is 39.2 Å². The van der Waals surface area contributed by atoms with Crippen LogP contribution in [0.2, 0.25) is 0 Å². The van der Waals surface area contributed by atoms with E-state index in [1.807, 2.05) is 0 Å². The number of hydrogen-bond acceptors (Lipinski definition) is 5. The predicted octanol–water partition coefficient (Wildman–Crippen LogP) is -1.01. The molecule has 1 saturated heterocycles. The molecule has 1 aliphatic heterocycles. The predicted molar refractivity (Wildman–Crippen MR) is 58.8 cm³/mol. The van der Waals surface area contributed by atoms with Crippen molar-refractivity contribution in [3.63, 3.8) is 0 Å². The van der Waals surface area contributed by atoms with E-state index in [0.717, 1.165) is 6.61 Å². The zero-order chi connectivity index (χ0) is 12.6. The Bertz CT molecular complexity index is 521. The SMILES string of the molecule is Cc1cn([C@H]2C[C@H](N)[C@@H]([CH]O)O2)c(=O)[nH]c1=O. The smallest absolute Gasteiger partial charge is 0.330 e. The molecule has 0 amide bonds. The fraction of sp³-hybridized carbons (Fsp3) is 0.500. The molecule has 0 saturated carbocycles. The first kappa shape index (κ1) is 12.0. The maximum absolute atomic E-state index is 11.6. The molecule has 0 aliphatic carbocycles. The number of hydrogen-bond donors (Lipinski definition) is 3. The molecule has 4 N–H and O–H groups in total. The van der Waals surface area contributed by atoms with E-state index in [1.54, 1.807) is 6.92 Å². The van der Waals surface area contributed by atoms with Gasteiger partial charge in [0.25, 0.3) is 5.56 Å². The normalized spacial score (nSPS) is 28.5. The van der Waals surface area contributed by atoms with Gasteiger partial charge in [0.15, 0.2) is 0 Å². The molecule has 7 nitrogen and oxygen atoms in total. The number of aliphatic hydroxyl groups is 1. The van der Waals surface area contributed by atoms with Gasteiger partial charge in [-0.25, -0.2) is 4.79 Å². The molecule has 17 heavy (non-hydrogen) atoms. The first-order chi connectivity index (χ1) is 8.02. The number of aryl methyl sites for hydroxylation is 1. The van der Waals surface area contributed by atoms with Gasteiger partial charge in [-0.1, -0.05) is 0 Å². The van der Waals surface area contributed by atoms with Crippen LogP contribution < -0.4 is 17.0 Å². The maximum Gasteiger partial charge on any atom is 0.330 e. The molecule has 1 radical (unpaired) electrons. The maximum atomic E-state index is 11.6. The molecule has 0 bridgehead atoms. The number of nitrogens with zero attached hydrogens (tertiary/aromatic N) is 1. The highest BCUT2D eigenvalue weighted by atomic mass is 16.5. The number of ether oxygens (including phenoxy) is 1. The summed E-state index contributed by atoms with van der Waals surface area (Å²) in [5, 5.41) is 8.89. The van der Waals surface area contributed by atoms with Crippen molar-refractivity contribution >= 4 is 0 Å². The summed E-state index contributed by atoms with van der Waals surface area (Å²) in [6.07, 6.45) is 0.659. The van der Waals surface area contributed by atoms with Gasteiger partial charge >= 0.3 is 5.69 Å². The van der Waals surface area contributed by atoms with Crippen molar-refractivity contribution < 1.29 is 9.84 Å². The first-order valence-electron chi connectivity index (χ1n) is 5.23. The molecule has 1 fully saturated rings. The highest BCUT2D eigenvalue weighted by Gasteiger charge is 2.34. The van der Waals surface area contributed by atoms with Gasteiger partial charge in [0, 0.05) is 24.2 Å². The molecule has 1 aliphatic rings. The van der Waals surface area contributed by atoms with Crippen LogP contribution in [0.1, 0.15) is 18.2 Å². The van der Waals surface area contributed by atoms with Crippen molar-refractivity contribution in [3.8, 4) is 0 Å². The highest BCUT2D eigenvalue weighted by Crippen LogP contribution is 2.26. The standard InChI is InChI=1S/C10H14N3O4/c1-5-3-13(10(16)12-9(5)15)8-2-6(11)7(4-14)17-8/h3-4,6-8,14H,2,11H2,1H3,(H,12,15,16)/t6-,7+,8+/m0/s1. The molecule has 1 aromatic rings. The summed E-state index contributed by atoms with van der Waals surface area (Å²) >= 11 is 0. The van der Waals surface area contributed by atoms with Crippen LogP contribution in [0.4, 0.5) is 0 Å². The molecule has 3 atom stereocenters. The molecule has 7 heteroatoms. The van der Waals surface area contributed by atoms with E-state index in [2.05, 4.69) is 4.98 Å². The Morgan fingerprint density at radius 3 is 2.94 bits per heavy atom. The third-order valence-corrected chi connectivity index (χ3v) is 2.81. The third kappa shape index (κ3) is 2.17. The first-order valence-corrected chi connectivity index (χ1v) is 5.23. The van der Waals surface area contributed by atoms with Crippen LogP contribution in [-0.4, -0.2) is 26.8 Å². The molecular formula is C10H14N3O4. The Balaban J connectivity index is 2.34. The zero-order valence-electron chi connectivity index (χ0n) is 9.29. The molecule has 93 valence electrons. The van der Waals surface area contributed by atoms with Gasteiger partial charge in [-0.3, -0.25) is 14.3 Å². The van der Waals surface area contributed by atoms with E-state index in [9.17, 15) is 9.59 Å². The van der Waals surface area contributed by atoms with Gasteiger partial charge in [0.05, 0.1) is 0 Å². The lowest BCUT2D eigenvalue weighted by Gasteiger charge is -2.14. The fourth-order valence-electron chi connectivity index (χ4n) is 1.83. The lowest BCUT2D eigenvalue weighted by Crippen LogP contribution is -2.33. The van der Waals surface area contributed by atoms with Crippen LogP contribution in [0.3, 0.4) is 0 Å². The van der Waals surface area contributed by atoms with Crippen LogP contribution in [0.25, 0.3) is 0 Å². The lowest BCUT2D eigenvalue weighted by atomic mass is 10.1. The van der Waals surface area contributed by atoms with E-state index in [4.69, 9.17) is 15.6 Å². The summed E-state index contributed by atoms with van der Waals surface area (Å²) in [5.74, 6) is 0. The molecule has 0 spiro atoms. The quantitative estimate of drug-likeness (QED) is 0.613. The summed E-state index contributed by atoms with van der Waals surface area (Å²) in [6.45, 7) is 2.47. The number of nitrogens with one attached hydrogen (secondary N) is 1. The van der Waals surface area contributed by atoms with Crippen molar-refractivity contribution in [2.75, 3.05) is 0 Å². The molecule has 0 unspecified atom stereocenters. The number of H-pyrrole nitrogens is 1. The minimum absolute atomic E-state index is 0.371. The van der Waals surface area contributed by atoms with E-state index in [-0.39, 0.29) is 6.04 Å². The van der Waals surface area contributed by atoms with Gasteiger partial charge < -0.3 is 15.6 Å². The van der Waals surface area contributed by atoms with Crippen molar-refractivity contribution in [2.45, 2.75) is 31.7 Å². The van der Waals surface area contributed by atoms with Crippen molar-refractivity contribution in [1.82, 2.24) is 9.55 Å². The summed E-state index contributed by atoms with van der Waals surface area (Å²) in [6, 6.07) is -0.371. The Kier molecular flexibility index (Phi) is 3.14. The van der Waals surface area contributed by atoms with E-state index < -0.39 is 23.6 Å². The van der Waals surface area contributed by atoms with Crippen molar-refractivity contribution in [1.29, 1.82) is 0 Å². The molecule has 0 aromatic carbocycles.